The van der Waals surface area contributed by atoms with Crippen LogP contribution in [0.25, 0.3) is 0 Å². The van der Waals surface area contributed by atoms with Crippen molar-refractivity contribution >= 4 is 17.4 Å². The first kappa shape index (κ1) is 15.9. The standard InChI is InChI=1S/C17H22N4O/c1-12(2)10-11-18-16-9-8-15(20-21-16)17(22)19-14-6-4-13(3)5-7-14/h4-9,12H,10-11H2,1-3H3,(H,18,21)(H,19,22). The summed E-state index contributed by atoms with van der Waals surface area (Å²) in [6.07, 6.45) is 1.07. The fourth-order valence-corrected chi connectivity index (χ4v) is 1.87. The molecular formula is C17H22N4O. The third-order valence-electron chi connectivity index (χ3n) is 3.23. The average Bonchev–Trinajstić information content (AvgIpc) is 2.50. The Bertz CT molecular complexity index is 606. The van der Waals surface area contributed by atoms with E-state index in [0.717, 1.165) is 24.2 Å². The van der Waals surface area contributed by atoms with E-state index in [1.54, 1.807) is 12.1 Å². The first-order chi connectivity index (χ1) is 10.5. The van der Waals surface area contributed by atoms with Crippen LogP contribution in [-0.4, -0.2) is 22.6 Å². The molecule has 0 saturated carbocycles. The molecule has 5 heteroatoms. The highest BCUT2D eigenvalue weighted by molar-refractivity contribution is 6.02. The zero-order valence-corrected chi connectivity index (χ0v) is 13.3. The van der Waals surface area contributed by atoms with Gasteiger partial charge in [-0.25, -0.2) is 0 Å². The van der Waals surface area contributed by atoms with E-state index >= 15 is 0 Å². The van der Waals surface area contributed by atoms with Gasteiger partial charge in [-0.15, -0.1) is 10.2 Å². The Morgan fingerprint density at radius 3 is 2.41 bits per heavy atom. The lowest BCUT2D eigenvalue weighted by Crippen LogP contribution is -2.15. The van der Waals surface area contributed by atoms with Gasteiger partial charge in [0.2, 0.25) is 0 Å². The van der Waals surface area contributed by atoms with Gasteiger partial charge in [0.1, 0.15) is 5.82 Å². The van der Waals surface area contributed by atoms with E-state index in [-0.39, 0.29) is 5.91 Å². The van der Waals surface area contributed by atoms with Crippen LogP contribution in [-0.2, 0) is 0 Å². The second kappa shape index (κ2) is 7.54. The van der Waals surface area contributed by atoms with Crippen LogP contribution in [0.3, 0.4) is 0 Å². The molecule has 1 aromatic heterocycles. The molecule has 1 aromatic carbocycles. The number of anilines is 2. The molecule has 5 nitrogen and oxygen atoms in total. The van der Waals surface area contributed by atoms with Crippen LogP contribution in [0.5, 0.6) is 0 Å². The lowest BCUT2D eigenvalue weighted by molar-refractivity contribution is 0.102. The van der Waals surface area contributed by atoms with Crippen LogP contribution in [0.4, 0.5) is 11.5 Å². The number of nitrogens with one attached hydrogen (secondary N) is 2. The maximum atomic E-state index is 12.1. The average molecular weight is 298 g/mol. The van der Waals surface area contributed by atoms with Gasteiger partial charge < -0.3 is 10.6 Å². The lowest BCUT2D eigenvalue weighted by atomic mass is 10.1. The summed E-state index contributed by atoms with van der Waals surface area (Å²) in [6.45, 7) is 7.20. The molecule has 0 spiro atoms. The summed E-state index contributed by atoms with van der Waals surface area (Å²) in [7, 11) is 0. The summed E-state index contributed by atoms with van der Waals surface area (Å²) in [6, 6.07) is 11.1. The minimum Gasteiger partial charge on any atom is -0.369 e. The molecule has 1 heterocycles. The van der Waals surface area contributed by atoms with E-state index in [4.69, 9.17) is 0 Å². The van der Waals surface area contributed by atoms with E-state index in [1.807, 2.05) is 31.2 Å². The molecule has 0 aliphatic carbocycles. The number of aromatic nitrogens is 2. The molecule has 0 aliphatic rings. The SMILES string of the molecule is Cc1ccc(NC(=O)c2ccc(NCCC(C)C)nn2)cc1. The van der Waals surface area contributed by atoms with Gasteiger partial charge >= 0.3 is 0 Å². The smallest absolute Gasteiger partial charge is 0.276 e. The van der Waals surface area contributed by atoms with Gasteiger partial charge in [0.25, 0.3) is 5.91 Å². The van der Waals surface area contributed by atoms with Crippen molar-refractivity contribution in [1.82, 2.24) is 10.2 Å². The molecule has 0 saturated heterocycles. The molecule has 2 aromatic rings. The molecule has 0 atom stereocenters. The number of hydrogen-bond acceptors (Lipinski definition) is 4. The molecule has 1 amide bonds. The van der Waals surface area contributed by atoms with Crippen molar-refractivity contribution in [2.75, 3.05) is 17.2 Å². The molecule has 0 radical (unpaired) electrons. The van der Waals surface area contributed by atoms with Crippen LogP contribution < -0.4 is 10.6 Å². The third-order valence-corrected chi connectivity index (χ3v) is 3.23. The van der Waals surface area contributed by atoms with Crippen molar-refractivity contribution in [3.05, 3.63) is 47.7 Å². The Morgan fingerprint density at radius 2 is 1.82 bits per heavy atom. The Hall–Kier alpha value is -2.43. The van der Waals surface area contributed by atoms with E-state index in [1.165, 1.54) is 0 Å². The molecule has 0 unspecified atom stereocenters. The van der Waals surface area contributed by atoms with Gasteiger partial charge in [-0.05, 0) is 43.5 Å². The Balaban J connectivity index is 1.91. The zero-order chi connectivity index (χ0) is 15.9. The molecule has 0 fully saturated rings. The predicted octanol–water partition coefficient (Wildman–Crippen LogP) is 3.50. The Kier molecular flexibility index (Phi) is 5.47. The molecular weight excluding hydrogens is 276 g/mol. The van der Waals surface area contributed by atoms with Gasteiger partial charge in [0.15, 0.2) is 5.69 Å². The summed E-state index contributed by atoms with van der Waals surface area (Å²) in [5, 5.41) is 14.0. The number of carbonyl (C=O) groups excluding carboxylic acids is 1. The molecule has 0 aliphatic heterocycles. The summed E-state index contributed by atoms with van der Waals surface area (Å²) in [5.74, 6) is 1.07. The highest BCUT2D eigenvalue weighted by Crippen LogP contribution is 2.10. The van der Waals surface area contributed by atoms with Crippen molar-refractivity contribution in [1.29, 1.82) is 0 Å². The van der Waals surface area contributed by atoms with Crippen LogP contribution in [0.1, 0.15) is 36.3 Å². The van der Waals surface area contributed by atoms with E-state index < -0.39 is 0 Å². The van der Waals surface area contributed by atoms with Gasteiger partial charge in [-0.3, -0.25) is 4.79 Å². The quantitative estimate of drug-likeness (QED) is 0.856. The number of benzene rings is 1. The monoisotopic (exact) mass is 298 g/mol. The van der Waals surface area contributed by atoms with Crippen LogP contribution in [0.15, 0.2) is 36.4 Å². The van der Waals surface area contributed by atoms with Crippen LogP contribution in [0.2, 0.25) is 0 Å². The Morgan fingerprint density at radius 1 is 1.09 bits per heavy atom. The number of hydrogen-bond donors (Lipinski definition) is 2. The van der Waals surface area contributed by atoms with Crippen molar-refractivity contribution < 1.29 is 4.79 Å². The molecule has 2 N–H and O–H groups in total. The summed E-state index contributed by atoms with van der Waals surface area (Å²) in [5.41, 5.74) is 2.20. The third kappa shape index (κ3) is 4.84. The van der Waals surface area contributed by atoms with Crippen molar-refractivity contribution in [3.63, 3.8) is 0 Å². The van der Waals surface area contributed by atoms with Crippen molar-refractivity contribution in [2.45, 2.75) is 27.2 Å². The fraction of sp³-hybridized carbons (Fsp3) is 0.353. The maximum Gasteiger partial charge on any atom is 0.276 e. The highest BCUT2D eigenvalue weighted by atomic mass is 16.1. The van der Waals surface area contributed by atoms with Crippen LogP contribution in [0, 0.1) is 12.8 Å². The zero-order valence-electron chi connectivity index (χ0n) is 13.3. The minimum absolute atomic E-state index is 0.259. The maximum absolute atomic E-state index is 12.1. The summed E-state index contributed by atoms with van der Waals surface area (Å²) < 4.78 is 0. The van der Waals surface area contributed by atoms with Gasteiger partial charge in [0.05, 0.1) is 0 Å². The normalized spacial score (nSPS) is 10.5. The summed E-state index contributed by atoms with van der Waals surface area (Å²) in [4.78, 5) is 12.1. The number of nitrogens with zero attached hydrogens (tertiary/aromatic N) is 2. The molecule has 2 rings (SSSR count). The second-order valence-corrected chi connectivity index (χ2v) is 5.73. The van der Waals surface area contributed by atoms with Gasteiger partial charge in [0, 0.05) is 12.2 Å². The van der Waals surface area contributed by atoms with Crippen molar-refractivity contribution in [2.24, 2.45) is 5.92 Å². The fourth-order valence-electron chi connectivity index (χ4n) is 1.87. The Labute approximate surface area is 131 Å². The number of amides is 1. The number of rotatable bonds is 6. The number of carbonyl (C=O) groups is 1. The topological polar surface area (TPSA) is 66.9 Å². The molecule has 116 valence electrons. The molecule has 22 heavy (non-hydrogen) atoms. The van der Waals surface area contributed by atoms with E-state index in [2.05, 4.69) is 34.7 Å². The van der Waals surface area contributed by atoms with E-state index in [0.29, 0.717) is 17.4 Å². The predicted molar refractivity (Wildman–Crippen MR) is 89.1 cm³/mol. The summed E-state index contributed by atoms with van der Waals surface area (Å²) >= 11 is 0. The lowest BCUT2D eigenvalue weighted by Gasteiger charge is -2.08. The van der Waals surface area contributed by atoms with E-state index in [9.17, 15) is 4.79 Å². The van der Waals surface area contributed by atoms with Crippen molar-refractivity contribution in [3.8, 4) is 0 Å². The highest BCUT2D eigenvalue weighted by Gasteiger charge is 2.08. The second-order valence-electron chi connectivity index (χ2n) is 5.73. The van der Waals surface area contributed by atoms with Gasteiger partial charge in [-0.1, -0.05) is 31.5 Å². The number of aryl methyl sites for hydroxylation is 1. The first-order valence-corrected chi connectivity index (χ1v) is 7.50. The van der Waals surface area contributed by atoms with Crippen LogP contribution >= 0.6 is 0 Å². The minimum atomic E-state index is -0.259. The largest absolute Gasteiger partial charge is 0.369 e. The molecule has 0 bridgehead atoms. The first-order valence-electron chi connectivity index (χ1n) is 7.50. The van der Waals surface area contributed by atoms with Gasteiger partial charge in [-0.2, -0.15) is 0 Å².